The molecule has 1 aromatic rings. The summed E-state index contributed by atoms with van der Waals surface area (Å²) in [6.45, 7) is 3.29. The van der Waals surface area contributed by atoms with Crippen molar-refractivity contribution in [2.75, 3.05) is 19.0 Å². The zero-order valence-corrected chi connectivity index (χ0v) is 11.9. The molecule has 2 rings (SSSR count). The maximum Gasteiger partial charge on any atom is 0.0361 e. The molecule has 0 aliphatic heterocycles. The van der Waals surface area contributed by atoms with E-state index in [-0.39, 0.29) is 0 Å². The van der Waals surface area contributed by atoms with E-state index in [4.69, 9.17) is 0 Å². The van der Waals surface area contributed by atoms with Crippen molar-refractivity contribution in [1.82, 2.24) is 5.32 Å². The zero-order valence-electron chi connectivity index (χ0n) is 11.9. The Morgan fingerprint density at radius 3 is 2.39 bits per heavy atom. The van der Waals surface area contributed by atoms with Gasteiger partial charge in [0.2, 0.25) is 0 Å². The summed E-state index contributed by atoms with van der Waals surface area (Å²) in [6, 6.07) is 9.54. The van der Waals surface area contributed by atoms with E-state index in [9.17, 15) is 0 Å². The van der Waals surface area contributed by atoms with Crippen LogP contribution >= 0.6 is 0 Å². The molecule has 1 atom stereocenters. The van der Waals surface area contributed by atoms with E-state index in [1.165, 1.54) is 36.9 Å². The lowest BCUT2D eigenvalue weighted by Gasteiger charge is -2.17. The molecule has 2 heteroatoms. The van der Waals surface area contributed by atoms with Gasteiger partial charge in [-0.15, -0.1) is 0 Å². The SMILES string of the molecule is CCC(CC1CC1)NCc1ccc(N(C)C)cc1. The lowest BCUT2D eigenvalue weighted by atomic mass is 10.1. The molecule has 2 nitrogen and oxygen atoms in total. The highest BCUT2D eigenvalue weighted by molar-refractivity contribution is 5.45. The van der Waals surface area contributed by atoms with Crippen molar-refractivity contribution in [3.63, 3.8) is 0 Å². The molecule has 18 heavy (non-hydrogen) atoms. The Morgan fingerprint density at radius 1 is 1.22 bits per heavy atom. The fourth-order valence-corrected chi connectivity index (χ4v) is 2.32. The highest BCUT2D eigenvalue weighted by Crippen LogP contribution is 2.34. The van der Waals surface area contributed by atoms with E-state index in [1.54, 1.807) is 0 Å². The highest BCUT2D eigenvalue weighted by Gasteiger charge is 2.24. The number of anilines is 1. The van der Waals surface area contributed by atoms with Crippen LogP contribution in [0.4, 0.5) is 5.69 Å². The minimum Gasteiger partial charge on any atom is -0.378 e. The summed E-state index contributed by atoms with van der Waals surface area (Å²) in [4.78, 5) is 2.14. The number of benzene rings is 1. The summed E-state index contributed by atoms with van der Waals surface area (Å²) < 4.78 is 0. The molecule has 0 heterocycles. The molecule has 1 aromatic carbocycles. The van der Waals surface area contributed by atoms with Crippen LogP contribution < -0.4 is 10.2 Å². The average Bonchev–Trinajstić information content (AvgIpc) is 3.18. The fourth-order valence-electron chi connectivity index (χ4n) is 2.32. The van der Waals surface area contributed by atoms with Crippen LogP contribution in [0.3, 0.4) is 0 Å². The van der Waals surface area contributed by atoms with Gasteiger partial charge in [0.15, 0.2) is 0 Å². The van der Waals surface area contributed by atoms with Gasteiger partial charge in [0.1, 0.15) is 0 Å². The van der Waals surface area contributed by atoms with Crippen LogP contribution in [0.5, 0.6) is 0 Å². The first kappa shape index (κ1) is 13.4. The van der Waals surface area contributed by atoms with Gasteiger partial charge in [-0.05, 0) is 36.5 Å². The fraction of sp³-hybridized carbons (Fsp3) is 0.625. The maximum absolute atomic E-state index is 3.69. The minimum atomic E-state index is 0.700. The first-order chi connectivity index (χ1) is 8.69. The average molecular weight is 246 g/mol. The van der Waals surface area contributed by atoms with Crippen molar-refractivity contribution in [1.29, 1.82) is 0 Å². The molecule has 1 unspecified atom stereocenters. The summed E-state index contributed by atoms with van der Waals surface area (Å²) in [5.74, 6) is 1.01. The van der Waals surface area contributed by atoms with Gasteiger partial charge in [-0.3, -0.25) is 0 Å². The smallest absolute Gasteiger partial charge is 0.0361 e. The first-order valence-electron chi connectivity index (χ1n) is 7.18. The Labute approximate surface area is 111 Å². The van der Waals surface area contributed by atoms with Gasteiger partial charge >= 0.3 is 0 Å². The van der Waals surface area contributed by atoms with Crippen LogP contribution in [0.25, 0.3) is 0 Å². The van der Waals surface area contributed by atoms with Crippen molar-refractivity contribution < 1.29 is 0 Å². The van der Waals surface area contributed by atoms with Crippen LogP contribution in [0.1, 0.15) is 38.2 Å². The van der Waals surface area contributed by atoms with Gasteiger partial charge in [-0.25, -0.2) is 0 Å². The zero-order chi connectivity index (χ0) is 13.0. The monoisotopic (exact) mass is 246 g/mol. The largest absolute Gasteiger partial charge is 0.378 e. The van der Waals surface area contributed by atoms with Gasteiger partial charge in [-0.1, -0.05) is 31.9 Å². The third-order valence-corrected chi connectivity index (χ3v) is 3.86. The lowest BCUT2D eigenvalue weighted by molar-refractivity contribution is 0.445. The molecule has 0 saturated heterocycles. The number of hydrogen-bond acceptors (Lipinski definition) is 2. The van der Waals surface area contributed by atoms with Crippen LogP contribution in [-0.2, 0) is 6.54 Å². The van der Waals surface area contributed by atoms with Crippen LogP contribution in [-0.4, -0.2) is 20.1 Å². The number of rotatable bonds is 7. The third-order valence-electron chi connectivity index (χ3n) is 3.86. The van der Waals surface area contributed by atoms with Crippen molar-refractivity contribution in [3.8, 4) is 0 Å². The van der Waals surface area contributed by atoms with Gasteiger partial charge in [-0.2, -0.15) is 0 Å². The summed E-state index contributed by atoms with van der Waals surface area (Å²) in [5, 5.41) is 3.69. The summed E-state index contributed by atoms with van der Waals surface area (Å²) >= 11 is 0. The molecule has 1 N–H and O–H groups in total. The Hall–Kier alpha value is -1.02. The molecule has 0 spiro atoms. The van der Waals surface area contributed by atoms with E-state index in [1.807, 2.05) is 0 Å². The maximum atomic E-state index is 3.69. The second-order valence-electron chi connectivity index (χ2n) is 5.73. The molecule has 100 valence electrons. The van der Waals surface area contributed by atoms with E-state index >= 15 is 0 Å². The Bertz CT molecular complexity index is 352. The second-order valence-corrected chi connectivity index (χ2v) is 5.73. The topological polar surface area (TPSA) is 15.3 Å². The molecular weight excluding hydrogens is 220 g/mol. The molecule has 1 aliphatic carbocycles. The molecule has 0 aromatic heterocycles. The first-order valence-corrected chi connectivity index (χ1v) is 7.18. The molecule has 1 fully saturated rings. The second kappa shape index (κ2) is 6.24. The van der Waals surface area contributed by atoms with Crippen molar-refractivity contribution >= 4 is 5.69 Å². The normalized spacial score (nSPS) is 16.6. The summed E-state index contributed by atoms with van der Waals surface area (Å²) in [5.41, 5.74) is 2.65. The minimum absolute atomic E-state index is 0.700. The summed E-state index contributed by atoms with van der Waals surface area (Å²) in [6.07, 6.45) is 5.52. The van der Waals surface area contributed by atoms with Gasteiger partial charge in [0, 0.05) is 32.4 Å². The molecule has 1 saturated carbocycles. The number of nitrogens with one attached hydrogen (secondary N) is 1. The standard InChI is InChI=1S/C16H26N2/c1-4-15(11-13-5-6-13)17-12-14-7-9-16(10-8-14)18(2)3/h7-10,13,15,17H,4-6,11-12H2,1-3H3. The number of hydrogen-bond donors (Lipinski definition) is 1. The third kappa shape index (κ3) is 4.02. The Balaban J connectivity index is 1.80. The lowest BCUT2D eigenvalue weighted by Crippen LogP contribution is -2.28. The highest BCUT2D eigenvalue weighted by atomic mass is 15.1. The van der Waals surface area contributed by atoms with Crippen LogP contribution in [0.2, 0.25) is 0 Å². The van der Waals surface area contributed by atoms with E-state index in [0.29, 0.717) is 6.04 Å². The van der Waals surface area contributed by atoms with Gasteiger partial charge < -0.3 is 10.2 Å². The van der Waals surface area contributed by atoms with Crippen LogP contribution in [0.15, 0.2) is 24.3 Å². The van der Waals surface area contributed by atoms with Gasteiger partial charge in [0.05, 0.1) is 0 Å². The van der Waals surface area contributed by atoms with Crippen molar-refractivity contribution in [2.24, 2.45) is 5.92 Å². The molecule has 1 aliphatic rings. The van der Waals surface area contributed by atoms with Crippen molar-refractivity contribution in [2.45, 2.75) is 45.2 Å². The summed E-state index contributed by atoms with van der Waals surface area (Å²) in [7, 11) is 4.16. The van der Waals surface area contributed by atoms with Crippen molar-refractivity contribution in [3.05, 3.63) is 29.8 Å². The Kier molecular flexibility index (Phi) is 4.65. The molecule has 0 radical (unpaired) electrons. The predicted octanol–water partition coefficient (Wildman–Crippen LogP) is 3.42. The van der Waals surface area contributed by atoms with E-state index in [0.717, 1.165) is 12.5 Å². The Morgan fingerprint density at radius 2 is 1.89 bits per heavy atom. The number of nitrogens with zero attached hydrogens (tertiary/aromatic N) is 1. The van der Waals surface area contributed by atoms with Crippen LogP contribution in [0, 0.1) is 5.92 Å². The quantitative estimate of drug-likeness (QED) is 0.793. The van der Waals surface area contributed by atoms with E-state index in [2.05, 4.69) is 55.5 Å². The molecular formula is C16H26N2. The van der Waals surface area contributed by atoms with E-state index < -0.39 is 0 Å². The molecule has 0 bridgehead atoms. The van der Waals surface area contributed by atoms with Gasteiger partial charge in [0.25, 0.3) is 0 Å². The predicted molar refractivity (Wildman–Crippen MR) is 79.0 cm³/mol. The molecule has 0 amide bonds.